The molecule has 7 unspecified atom stereocenters. The van der Waals surface area contributed by atoms with E-state index in [1.165, 1.54) is 12.8 Å². The molecule has 2 amide bonds. The summed E-state index contributed by atoms with van der Waals surface area (Å²) >= 11 is 0. The summed E-state index contributed by atoms with van der Waals surface area (Å²) in [4.78, 5) is 30.0. The van der Waals surface area contributed by atoms with Gasteiger partial charge in [0.25, 0.3) is 0 Å². The summed E-state index contributed by atoms with van der Waals surface area (Å²) in [6.45, 7) is 9.94. The van der Waals surface area contributed by atoms with Crippen LogP contribution in [-0.2, 0) is 14.3 Å². The second-order valence-corrected chi connectivity index (χ2v) is 11.4. The summed E-state index contributed by atoms with van der Waals surface area (Å²) in [5.41, 5.74) is 6.79. The van der Waals surface area contributed by atoms with Crippen LogP contribution in [0, 0.1) is 35.5 Å². The number of carbonyl (C=O) groups excluding carboxylic acids is 2. The lowest BCUT2D eigenvalue weighted by Gasteiger charge is -2.37. The van der Waals surface area contributed by atoms with Crippen LogP contribution in [0.5, 0.6) is 0 Å². The molecule has 7 atom stereocenters. The molecular weight excluding hydrogens is 418 g/mol. The second-order valence-electron chi connectivity index (χ2n) is 11.4. The average Bonchev–Trinajstić information content (AvgIpc) is 3.36. The number of likely N-dealkylation sites (tertiary alicyclic amines) is 2. The first-order valence-corrected chi connectivity index (χ1v) is 13.0. The van der Waals surface area contributed by atoms with Gasteiger partial charge in [-0.2, -0.15) is 5.10 Å². The number of nitrogens with zero attached hydrogens (tertiary/aromatic N) is 3. The highest BCUT2D eigenvalue weighted by Gasteiger charge is 2.45. The van der Waals surface area contributed by atoms with Gasteiger partial charge in [0.15, 0.2) is 0 Å². The standard InChI is InChI=1S/C25H43N5O3/c1-15(2)20-6-4-16(3)8-23(20)33-14-24(31)29-10-18-12-30(13-19(18)11-29)25(32)17-5-7-21(26)22(9-17)28-27/h15-21,23H,4-14,26-27H2,1-3H3/b28-22+. The Balaban J connectivity index is 1.24. The van der Waals surface area contributed by atoms with Crippen LogP contribution in [-0.4, -0.2) is 72.3 Å². The van der Waals surface area contributed by atoms with E-state index in [9.17, 15) is 9.59 Å². The highest BCUT2D eigenvalue weighted by atomic mass is 16.5. The smallest absolute Gasteiger partial charge is 0.248 e. The molecule has 0 bridgehead atoms. The van der Waals surface area contributed by atoms with Crippen LogP contribution in [0.4, 0.5) is 0 Å². The average molecular weight is 462 g/mol. The van der Waals surface area contributed by atoms with Crippen LogP contribution < -0.4 is 11.6 Å². The normalized spacial score (nSPS) is 38.2. The van der Waals surface area contributed by atoms with Gasteiger partial charge in [-0.3, -0.25) is 9.59 Å². The van der Waals surface area contributed by atoms with E-state index in [1.54, 1.807) is 0 Å². The summed E-state index contributed by atoms with van der Waals surface area (Å²) < 4.78 is 6.20. The van der Waals surface area contributed by atoms with Gasteiger partial charge in [0.05, 0.1) is 11.8 Å². The van der Waals surface area contributed by atoms with Gasteiger partial charge in [-0.15, -0.1) is 0 Å². The molecule has 2 aliphatic heterocycles. The topological polar surface area (TPSA) is 114 Å². The monoisotopic (exact) mass is 461 g/mol. The van der Waals surface area contributed by atoms with E-state index < -0.39 is 0 Å². The van der Waals surface area contributed by atoms with Crippen molar-refractivity contribution in [2.45, 2.75) is 71.4 Å². The number of amides is 2. The first kappa shape index (κ1) is 24.5. The molecule has 4 fully saturated rings. The molecule has 4 rings (SSSR count). The Bertz CT molecular complexity index is 742. The van der Waals surface area contributed by atoms with Crippen LogP contribution in [0.15, 0.2) is 5.10 Å². The Morgan fingerprint density at radius 2 is 1.73 bits per heavy atom. The van der Waals surface area contributed by atoms with E-state index >= 15 is 0 Å². The summed E-state index contributed by atoms with van der Waals surface area (Å²) in [7, 11) is 0. The zero-order valence-electron chi connectivity index (χ0n) is 20.6. The largest absolute Gasteiger partial charge is 0.368 e. The number of ether oxygens (including phenoxy) is 1. The highest BCUT2D eigenvalue weighted by molar-refractivity contribution is 5.94. The van der Waals surface area contributed by atoms with E-state index in [1.807, 2.05) is 9.80 Å². The van der Waals surface area contributed by atoms with E-state index in [-0.39, 0.29) is 36.5 Å². The number of fused-ring (bicyclic) bond motifs is 1. The predicted molar refractivity (Wildman–Crippen MR) is 128 cm³/mol. The van der Waals surface area contributed by atoms with E-state index in [0.717, 1.165) is 51.2 Å². The minimum Gasteiger partial charge on any atom is -0.368 e. The van der Waals surface area contributed by atoms with Crippen molar-refractivity contribution in [2.24, 2.45) is 52.2 Å². The maximum Gasteiger partial charge on any atom is 0.248 e. The molecule has 186 valence electrons. The van der Waals surface area contributed by atoms with Crippen molar-refractivity contribution in [1.29, 1.82) is 0 Å². The molecule has 0 radical (unpaired) electrons. The van der Waals surface area contributed by atoms with Gasteiger partial charge in [0, 0.05) is 56.4 Å². The number of rotatable bonds is 5. The first-order valence-electron chi connectivity index (χ1n) is 13.0. The van der Waals surface area contributed by atoms with Crippen LogP contribution in [0.25, 0.3) is 0 Å². The van der Waals surface area contributed by atoms with Crippen molar-refractivity contribution in [2.75, 3.05) is 32.8 Å². The first-order chi connectivity index (χ1) is 15.8. The maximum absolute atomic E-state index is 13.1. The maximum atomic E-state index is 13.1. The molecule has 2 saturated carbocycles. The van der Waals surface area contributed by atoms with Gasteiger partial charge in [0.2, 0.25) is 11.8 Å². The van der Waals surface area contributed by atoms with Gasteiger partial charge in [-0.25, -0.2) is 0 Å². The number of nitrogens with two attached hydrogens (primary N) is 2. The van der Waals surface area contributed by atoms with Crippen LogP contribution in [0.3, 0.4) is 0 Å². The fourth-order valence-electron chi connectivity index (χ4n) is 6.62. The van der Waals surface area contributed by atoms with Gasteiger partial charge < -0.3 is 26.1 Å². The number of hydrogen-bond acceptors (Lipinski definition) is 6. The molecule has 8 heteroatoms. The lowest BCUT2D eigenvalue weighted by molar-refractivity contribution is -0.141. The van der Waals surface area contributed by atoms with Crippen LogP contribution in [0.1, 0.15) is 59.3 Å². The molecule has 0 aromatic rings. The molecule has 4 N–H and O–H groups in total. The Hall–Kier alpha value is -1.67. The molecule has 2 heterocycles. The van der Waals surface area contributed by atoms with E-state index in [4.69, 9.17) is 16.3 Å². The third-order valence-electron chi connectivity index (χ3n) is 8.76. The molecule has 0 spiro atoms. The van der Waals surface area contributed by atoms with Crippen LogP contribution >= 0.6 is 0 Å². The third kappa shape index (κ3) is 5.37. The number of hydrazone groups is 1. The molecule has 2 aliphatic carbocycles. The Kier molecular flexibility index (Phi) is 7.63. The summed E-state index contributed by atoms with van der Waals surface area (Å²) in [6, 6.07) is -0.119. The predicted octanol–water partition coefficient (Wildman–Crippen LogP) is 1.82. The SMILES string of the molecule is CC1CCC(C(C)C)C(OCC(=O)N2CC3CN(C(=O)C4CCC(N)/C(=N/N)C4)CC3C2)C1. The summed E-state index contributed by atoms with van der Waals surface area (Å²) in [5.74, 6) is 8.23. The third-order valence-corrected chi connectivity index (χ3v) is 8.76. The summed E-state index contributed by atoms with van der Waals surface area (Å²) in [5, 5.41) is 3.81. The van der Waals surface area contributed by atoms with Crippen molar-refractivity contribution in [1.82, 2.24) is 9.80 Å². The van der Waals surface area contributed by atoms with Gasteiger partial charge in [0.1, 0.15) is 6.61 Å². The fourth-order valence-corrected chi connectivity index (χ4v) is 6.62. The van der Waals surface area contributed by atoms with Crippen molar-refractivity contribution >= 4 is 17.5 Å². The number of carbonyl (C=O) groups is 2. The molecule has 2 saturated heterocycles. The molecule has 33 heavy (non-hydrogen) atoms. The second kappa shape index (κ2) is 10.3. The molecule has 0 aromatic heterocycles. The Morgan fingerprint density at radius 3 is 2.36 bits per heavy atom. The Morgan fingerprint density at radius 1 is 1.06 bits per heavy atom. The van der Waals surface area contributed by atoms with Gasteiger partial charge in [-0.1, -0.05) is 27.2 Å². The van der Waals surface area contributed by atoms with Crippen LogP contribution in [0.2, 0.25) is 0 Å². The zero-order chi connectivity index (χ0) is 23.7. The molecular formula is C25H43N5O3. The molecule has 0 aromatic carbocycles. The quantitative estimate of drug-likeness (QED) is 0.479. The Labute approximate surface area is 198 Å². The minimum absolute atomic E-state index is 0.0659. The number of hydrogen-bond donors (Lipinski definition) is 2. The van der Waals surface area contributed by atoms with E-state index in [2.05, 4.69) is 25.9 Å². The molecule has 8 nitrogen and oxygen atoms in total. The van der Waals surface area contributed by atoms with Crippen molar-refractivity contribution in [3.05, 3.63) is 0 Å². The van der Waals surface area contributed by atoms with Crippen molar-refractivity contribution < 1.29 is 14.3 Å². The fraction of sp³-hybridized carbons (Fsp3) is 0.880. The lowest BCUT2D eigenvalue weighted by atomic mass is 9.75. The van der Waals surface area contributed by atoms with Gasteiger partial charge >= 0.3 is 0 Å². The lowest BCUT2D eigenvalue weighted by Crippen LogP contribution is -2.44. The van der Waals surface area contributed by atoms with E-state index in [0.29, 0.717) is 36.0 Å². The summed E-state index contributed by atoms with van der Waals surface area (Å²) in [6.07, 6.45) is 5.83. The van der Waals surface area contributed by atoms with Crippen molar-refractivity contribution in [3.63, 3.8) is 0 Å². The zero-order valence-corrected chi connectivity index (χ0v) is 20.6. The highest BCUT2D eigenvalue weighted by Crippen LogP contribution is 2.36. The minimum atomic E-state index is -0.119. The molecule has 4 aliphatic rings. The van der Waals surface area contributed by atoms with Gasteiger partial charge in [-0.05, 0) is 43.4 Å². The van der Waals surface area contributed by atoms with Crippen molar-refractivity contribution in [3.8, 4) is 0 Å².